The standard InChI is InChI=1S/C28H36N4O2/c1-28(2,3)24-12-10-23(11-13-24)19-31-14-16-32(17-15-31)20-26-29-25(21-34-26)27(33)30(4)18-22-8-6-5-7-9-22/h5-13,21H,14-20H2,1-4H3. The number of piperazine rings is 1. The lowest BCUT2D eigenvalue weighted by Gasteiger charge is -2.34. The van der Waals surface area contributed by atoms with E-state index in [4.69, 9.17) is 4.42 Å². The Balaban J connectivity index is 1.24. The van der Waals surface area contributed by atoms with Gasteiger partial charge in [0.2, 0.25) is 5.89 Å². The lowest BCUT2D eigenvalue weighted by atomic mass is 9.87. The smallest absolute Gasteiger partial charge is 0.275 e. The molecule has 180 valence electrons. The number of hydrogen-bond donors (Lipinski definition) is 0. The number of carbonyl (C=O) groups excluding carboxylic acids is 1. The third-order valence-corrected chi connectivity index (χ3v) is 6.43. The second-order valence-corrected chi connectivity index (χ2v) is 10.3. The molecule has 1 aromatic heterocycles. The Morgan fingerprint density at radius 1 is 0.912 bits per heavy atom. The van der Waals surface area contributed by atoms with E-state index in [0.717, 1.165) is 38.3 Å². The average Bonchev–Trinajstić information content (AvgIpc) is 3.29. The zero-order valence-corrected chi connectivity index (χ0v) is 20.8. The van der Waals surface area contributed by atoms with Gasteiger partial charge in [-0.25, -0.2) is 4.98 Å². The van der Waals surface area contributed by atoms with Gasteiger partial charge in [-0.05, 0) is 22.1 Å². The van der Waals surface area contributed by atoms with Gasteiger partial charge in [-0.2, -0.15) is 0 Å². The number of aromatic nitrogens is 1. The predicted molar refractivity (Wildman–Crippen MR) is 134 cm³/mol. The van der Waals surface area contributed by atoms with Crippen LogP contribution in [0.15, 0.2) is 65.3 Å². The van der Waals surface area contributed by atoms with Gasteiger partial charge in [0, 0.05) is 46.3 Å². The summed E-state index contributed by atoms with van der Waals surface area (Å²) in [7, 11) is 1.79. The molecular formula is C28H36N4O2. The molecule has 0 atom stereocenters. The van der Waals surface area contributed by atoms with Crippen molar-refractivity contribution in [3.8, 4) is 0 Å². The number of nitrogens with zero attached hydrogens (tertiary/aromatic N) is 4. The van der Waals surface area contributed by atoms with E-state index in [9.17, 15) is 4.79 Å². The molecule has 0 saturated carbocycles. The summed E-state index contributed by atoms with van der Waals surface area (Å²) in [6.07, 6.45) is 1.48. The topological polar surface area (TPSA) is 52.8 Å². The molecule has 1 saturated heterocycles. The highest BCUT2D eigenvalue weighted by molar-refractivity contribution is 5.91. The van der Waals surface area contributed by atoms with Gasteiger partial charge < -0.3 is 9.32 Å². The molecule has 1 fully saturated rings. The van der Waals surface area contributed by atoms with Crippen LogP contribution in [0.5, 0.6) is 0 Å². The summed E-state index contributed by atoms with van der Waals surface area (Å²) in [6, 6.07) is 19.0. The maximum Gasteiger partial charge on any atom is 0.275 e. The van der Waals surface area contributed by atoms with Gasteiger partial charge in [-0.3, -0.25) is 14.6 Å². The fourth-order valence-corrected chi connectivity index (χ4v) is 4.27. The van der Waals surface area contributed by atoms with E-state index < -0.39 is 0 Å². The Kier molecular flexibility index (Phi) is 7.49. The van der Waals surface area contributed by atoms with Crippen LogP contribution >= 0.6 is 0 Å². The Morgan fingerprint density at radius 3 is 2.15 bits per heavy atom. The molecule has 6 nitrogen and oxygen atoms in total. The monoisotopic (exact) mass is 460 g/mol. The van der Waals surface area contributed by atoms with Crippen molar-refractivity contribution in [3.05, 3.63) is 89.1 Å². The maximum atomic E-state index is 12.7. The summed E-state index contributed by atoms with van der Waals surface area (Å²) in [6.45, 7) is 12.8. The van der Waals surface area contributed by atoms with Crippen LogP contribution in [-0.2, 0) is 25.0 Å². The largest absolute Gasteiger partial charge is 0.447 e. The van der Waals surface area contributed by atoms with E-state index >= 15 is 0 Å². The summed E-state index contributed by atoms with van der Waals surface area (Å²) in [5.74, 6) is 0.476. The zero-order valence-electron chi connectivity index (χ0n) is 20.8. The first-order valence-corrected chi connectivity index (χ1v) is 12.1. The minimum Gasteiger partial charge on any atom is -0.447 e. The molecule has 4 rings (SSSR count). The molecule has 2 heterocycles. The molecule has 0 aliphatic carbocycles. The number of carbonyl (C=O) groups is 1. The lowest BCUT2D eigenvalue weighted by Crippen LogP contribution is -2.45. The summed E-state index contributed by atoms with van der Waals surface area (Å²) < 4.78 is 5.64. The molecule has 34 heavy (non-hydrogen) atoms. The molecule has 1 aliphatic rings. The van der Waals surface area contributed by atoms with Crippen molar-refractivity contribution in [2.24, 2.45) is 0 Å². The van der Waals surface area contributed by atoms with E-state index in [1.165, 1.54) is 17.4 Å². The van der Waals surface area contributed by atoms with E-state index in [-0.39, 0.29) is 11.3 Å². The molecule has 0 bridgehead atoms. The van der Waals surface area contributed by atoms with Crippen molar-refractivity contribution in [1.82, 2.24) is 19.7 Å². The first-order valence-electron chi connectivity index (χ1n) is 12.1. The van der Waals surface area contributed by atoms with Crippen LogP contribution in [0.3, 0.4) is 0 Å². The second-order valence-electron chi connectivity index (χ2n) is 10.3. The normalized spacial score (nSPS) is 15.4. The minimum atomic E-state index is -0.124. The minimum absolute atomic E-state index is 0.124. The molecule has 0 spiro atoms. The third-order valence-electron chi connectivity index (χ3n) is 6.43. The Labute approximate surface area is 203 Å². The van der Waals surface area contributed by atoms with Crippen LogP contribution in [0.25, 0.3) is 0 Å². The summed E-state index contributed by atoms with van der Waals surface area (Å²) in [5.41, 5.74) is 4.37. The zero-order chi connectivity index (χ0) is 24.1. The van der Waals surface area contributed by atoms with E-state index in [2.05, 4.69) is 59.8 Å². The van der Waals surface area contributed by atoms with Crippen LogP contribution in [0.1, 0.15) is 53.8 Å². The Bertz CT molecular complexity index is 1060. The van der Waals surface area contributed by atoms with Crippen LogP contribution in [0.2, 0.25) is 0 Å². The molecule has 2 aromatic carbocycles. The van der Waals surface area contributed by atoms with Crippen molar-refractivity contribution in [1.29, 1.82) is 0 Å². The first-order chi connectivity index (χ1) is 16.3. The van der Waals surface area contributed by atoms with Gasteiger partial charge in [0.1, 0.15) is 6.26 Å². The summed E-state index contributed by atoms with van der Waals surface area (Å²) in [5, 5.41) is 0. The highest BCUT2D eigenvalue weighted by Gasteiger charge is 2.21. The van der Waals surface area contributed by atoms with E-state index in [1.54, 1.807) is 11.9 Å². The highest BCUT2D eigenvalue weighted by atomic mass is 16.3. The van der Waals surface area contributed by atoms with Gasteiger partial charge in [0.15, 0.2) is 5.69 Å². The average molecular weight is 461 g/mol. The van der Waals surface area contributed by atoms with Crippen molar-refractivity contribution in [3.63, 3.8) is 0 Å². The molecule has 0 N–H and O–H groups in total. The lowest BCUT2D eigenvalue weighted by molar-refractivity contribution is 0.0779. The Hall–Kier alpha value is -2.96. The van der Waals surface area contributed by atoms with Crippen LogP contribution in [-0.4, -0.2) is 58.8 Å². The van der Waals surface area contributed by atoms with Crippen molar-refractivity contribution in [2.45, 2.75) is 45.8 Å². The molecule has 1 aliphatic heterocycles. The summed E-state index contributed by atoms with van der Waals surface area (Å²) >= 11 is 0. The fraction of sp³-hybridized carbons (Fsp3) is 0.429. The van der Waals surface area contributed by atoms with Gasteiger partial charge in [-0.1, -0.05) is 75.4 Å². The molecule has 3 aromatic rings. The molecule has 0 unspecified atom stereocenters. The SMILES string of the molecule is CN(Cc1ccccc1)C(=O)c1coc(CN2CCN(Cc3ccc(C(C)(C)C)cc3)CC2)n1. The highest BCUT2D eigenvalue weighted by Crippen LogP contribution is 2.23. The van der Waals surface area contributed by atoms with Crippen LogP contribution < -0.4 is 0 Å². The number of rotatable bonds is 7. The third kappa shape index (κ3) is 6.33. The van der Waals surface area contributed by atoms with Crippen LogP contribution in [0, 0.1) is 0 Å². The van der Waals surface area contributed by atoms with Gasteiger partial charge >= 0.3 is 0 Å². The molecule has 1 amide bonds. The van der Waals surface area contributed by atoms with E-state index in [1.807, 2.05) is 30.3 Å². The van der Waals surface area contributed by atoms with Gasteiger partial charge in [0.25, 0.3) is 5.91 Å². The van der Waals surface area contributed by atoms with Crippen molar-refractivity contribution < 1.29 is 9.21 Å². The molecule has 6 heteroatoms. The van der Waals surface area contributed by atoms with Crippen molar-refractivity contribution >= 4 is 5.91 Å². The predicted octanol–water partition coefficient (Wildman–Crippen LogP) is 4.56. The Morgan fingerprint density at radius 2 is 1.53 bits per heavy atom. The van der Waals surface area contributed by atoms with Gasteiger partial charge in [0.05, 0.1) is 6.54 Å². The van der Waals surface area contributed by atoms with Crippen molar-refractivity contribution in [2.75, 3.05) is 33.2 Å². The second kappa shape index (κ2) is 10.5. The maximum absolute atomic E-state index is 12.7. The van der Waals surface area contributed by atoms with Gasteiger partial charge in [-0.15, -0.1) is 0 Å². The fourth-order valence-electron chi connectivity index (χ4n) is 4.27. The summed E-state index contributed by atoms with van der Waals surface area (Å²) in [4.78, 5) is 23.7. The number of hydrogen-bond acceptors (Lipinski definition) is 5. The van der Waals surface area contributed by atoms with Crippen LogP contribution in [0.4, 0.5) is 0 Å². The molecule has 0 radical (unpaired) electrons. The van der Waals surface area contributed by atoms with E-state index in [0.29, 0.717) is 24.7 Å². The number of oxazole rings is 1. The number of amides is 1. The molecular weight excluding hydrogens is 424 g/mol. The first kappa shape index (κ1) is 24.2. The number of benzene rings is 2. The quantitative estimate of drug-likeness (QED) is 0.517.